The van der Waals surface area contributed by atoms with Gasteiger partial charge in [0.15, 0.2) is 5.65 Å². The molecule has 10 heteroatoms. The molecule has 150 valence electrons. The van der Waals surface area contributed by atoms with E-state index in [0.717, 1.165) is 0 Å². The molecular formula is C20H17FN8O. The van der Waals surface area contributed by atoms with E-state index in [-0.39, 0.29) is 5.56 Å². The summed E-state index contributed by atoms with van der Waals surface area (Å²) in [5, 5.41) is 20.1. The third-order valence-corrected chi connectivity index (χ3v) is 4.65. The van der Waals surface area contributed by atoms with E-state index >= 15 is 0 Å². The van der Waals surface area contributed by atoms with Gasteiger partial charge in [-0.3, -0.25) is 4.79 Å². The van der Waals surface area contributed by atoms with Gasteiger partial charge in [0.25, 0.3) is 5.91 Å². The molecule has 4 aromatic rings. The number of nitriles is 1. The summed E-state index contributed by atoms with van der Waals surface area (Å²) in [6.07, 6.45) is 5.98. The predicted octanol–water partition coefficient (Wildman–Crippen LogP) is 2.51. The summed E-state index contributed by atoms with van der Waals surface area (Å²) in [4.78, 5) is 21.1. The molecule has 0 fully saturated rings. The summed E-state index contributed by atoms with van der Waals surface area (Å²) in [6.45, 7) is 4.34. The molecule has 4 rings (SSSR count). The average Bonchev–Trinajstić information content (AvgIpc) is 3.39. The molecule has 0 spiro atoms. The molecule has 9 nitrogen and oxygen atoms in total. The number of carbonyl (C=O) groups excluding carboxylic acids is 1. The van der Waals surface area contributed by atoms with Gasteiger partial charge in [-0.2, -0.15) is 15.5 Å². The Labute approximate surface area is 170 Å². The van der Waals surface area contributed by atoms with Crippen LogP contribution in [0.5, 0.6) is 0 Å². The van der Waals surface area contributed by atoms with E-state index in [1.807, 2.05) is 13.0 Å². The smallest absolute Gasteiger partial charge is 0.251 e. The third-order valence-electron chi connectivity index (χ3n) is 4.65. The second-order valence-corrected chi connectivity index (χ2v) is 6.64. The van der Waals surface area contributed by atoms with Crippen LogP contribution in [0.3, 0.4) is 0 Å². The molecule has 0 radical (unpaired) electrons. The summed E-state index contributed by atoms with van der Waals surface area (Å²) in [6, 6.07) is 5.66. The van der Waals surface area contributed by atoms with Crippen LogP contribution >= 0.6 is 0 Å². The van der Waals surface area contributed by atoms with Crippen molar-refractivity contribution in [3.63, 3.8) is 0 Å². The van der Waals surface area contributed by atoms with Crippen molar-refractivity contribution in [3.05, 3.63) is 65.9 Å². The molecule has 3 heterocycles. The highest BCUT2D eigenvalue weighted by molar-refractivity contribution is 5.95. The SMILES string of the molecule is CCn1ncnc1C(C)NC(=O)c1cc(F)cc(-c2cnc3c(C#N)cnn3c2)c1. The maximum Gasteiger partial charge on any atom is 0.251 e. The van der Waals surface area contributed by atoms with Crippen molar-refractivity contribution in [2.24, 2.45) is 0 Å². The fourth-order valence-electron chi connectivity index (χ4n) is 3.19. The first-order valence-electron chi connectivity index (χ1n) is 9.23. The molecule has 0 aliphatic carbocycles. The summed E-state index contributed by atoms with van der Waals surface area (Å²) in [5.41, 5.74) is 1.94. The normalized spacial score (nSPS) is 11.9. The second kappa shape index (κ2) is 7.71. The van der Waals surface area contributed by atoms with Crippen LogP contribution in [0.25, 0.3) is 16.8 Å². The number of aryl methyl sites for hydroxylation is 1. The van der Waals surface area contributed by atoms with Gasteiger partial charge in [-0.15, -0.1) is 0 Å². The number of benzene rings is 1. The molecule has 1 amide bonds. The van der Waals surface area contributed by atoms with Crippen LogP contribution in [-0.2, 0) is 6.54 Å². The summed E-state index contributed by atoms with van der Waals surface area (Å²) < 4.78 is 17.4. The van der Waals surface area contributed by atoms with E-state index in [2.05, 4.69) is 25.5 Å². The number of carbonyl (C=O) groups is 1. The molecule has 0 saturated carbocycles. The molecular weight excluding hydrogens is 387 g/mol. The molecule has 3 aromatic heterocycles. The highest BCUT2D eigenvalue weighted by atomic mass is 19.1. The first kappa shape index (κ1) is 19.2. The van der Waals surface area contributed by atoms with Gasteiger partial charge >= 0.3 is 0 Å². The van der Waals surface area contributed by atoms with Crippen molar-refractivity contribution in [1.29, 1.82) is 5.26 Å². The number of hydrogen-bond donors (Lipinski definition) is 1. The Hall–Kier alpha value is -4.13. The highest BCUT2D eigenvalue weighted by Gasteiger charge is 2.18. The Kier molecular flexibility index (Phi) is 4.93. The van der Waals surface area contributed by atoms with Crippen LogP contribution < -0.4 is 5.32 Å². The number of amides is 1. The lowest BCUT2D eigenvalue weighted by Gasteiger charge is -2.14. The van der Waals surface area contributed by atoms with Crippen molar-refractivity contribution >= 4 is 11.6 Å². The zero-order valence-corrected chi connectivity index (χ0v) is 16.2. The molecule has 1 atom stereocenters. The molecule has 0 saturated heterocycles. The van der Waals surface area contributed by atoms with Crippen LogP contribution in [0.1, 0.15) is 41.6 Å². The van der Waals surface area contributed by atoms with Gasteiger partial charge in [0.05, 0.1) is 12.2 Å². The largest absolute Gasteiger partial charge is 0.342 e. The summed E-state index contributed by atoms with van der Waals surface area (Å²) >= 11 is 0. The number of rotatable bonds is 5. The Morgan fingerprint density at radius 3 is 2.83 bits per heavy atom. The van der Waals surface area contributed by atoms with Gasteiger partial charge in [-0.05, 0) is 37.6 Å². The summed E-state index contributed by atoms with van der Waals surface area (Å²) in [7, 11) is 0. The van der Waals surface area contributed by atoms with Crippen molar-refractivity contribution < 1.29 is 9.18 Å². The first-order valence-corrected chi connectivity index (χ1v) is 9.23. The van der Waals surface area contributed by atoms with Gasteiger partial charge in [0.2, 0.25) is 0 Å². The molecule has 0 aliphatic rings. The van der Waals surface area contributed by atoms with E-state index in [0.29, 0.717) is 34.7 Å². The van der Waals surface area contributed by atoms with Crippen LogP contribution in [0.4, 0.5) is 4.39 Å². The van der Waals surface area contributed by atoms with Gasteiger partial charge in [0, 0.05) is 30.1 Å². The number of nitrogens with one attached hydrogen (secondary N) is 1. The Balaban J connectivity index is 1.63. The van der Waals surface area contributed by atoms with Gasteiger partial charge < -0.3 is 5.32 Å². The van der Waals surface area contributed by atoms with E-state index in [9.17, 15) is 9.18 Å². The quantitative estimate of drug-likeness (QED) is 0.547. The van der Waals surface area contributed by atoms with Crippen molar-refractivity contribution in [1.82, 2.24) is 34.7 Å². The number of fused-ring (bicyclic) bond motifs is 1. The second-order valence-electron chi connectivity index (χ2n) is 6.64. The standard InChI is InChI=1S/C20H17FN8O/c1-3-28-18(24-11-26-28)12(2)27-20(30)14-4-13(5-17(21)6-14)16-8-23-19-15(7-22)9-25-29(19)10-16/h4-6,8-12H,3H2,1-2H3,(H,27,30). The third kappa shape index (κ3) is 3.48. The van der Waals surface area contributed by atoms with Crippen molar-refractivity contribution in [2.75, 3.05) is 0 Å². The Morgan fingerprint density at radius 1 is 1.23 bits per heavy atom. The zero-order chi connectivity index (χ0) is 21.3. The van der Waals surface area contributed by atoms with Crippen molar-refractivity contribution in [2.45, 2.75) is 26.4 Å². The fraction of sp³-hybridized carbons (Fsp3) is 0.200. The lowest BCUT2D eigenvalue weighted by Crippen LogP contribution is -2.29. The molecule has 30 heavy (non-hydrogen) atoms. The van der Waals surface area contributed by atoms with Crippen LogP contribution in [0.2, 0.25) is 0 Å². The van der Waals surface area contributed by atoms with Gasteiger partial charge in [-0.25, -0.2) is 23.6 Å². The molecule has 0 bridgehead atoms. The lowest BCUT2D eigenvalue weighted by molar-refractivity contribution is 0.0937. The maximum atomic E-state index is 14.3. The van der Waals surface area contributed by atoms with Crippen LogP contribution in [-0.4, -0.2) is 35.3 Å². The number of hydrogen-bond acceptors (Lipinski definition) is 6. The highest BCUT2D eigenvalue weighted by Crippen LogP contribution is 2.23. The topological polar surface area (TPSA) is 114 Å². The van der Waals surface area contributed by atoms with Crippen molar-refractivity contribution in [3.8, 4) is 17.2 Å². The minimum Gasteiger partial charge on any atom is -0.342 e. The average molecular weight is 404 g/mol. The zero-order valence-electron chi connectivity index (χ0n) is 16.2. The van der Waals surface area contributed by atoms with Gasteiger partial charge in [-0.1, -0.05) is 0 Å². The van der Waals surface area contributed by atoms with E-state index in [4.69, 9.17) is 5.26 Å². The molecule has 1 unspecified atom stereocenters. The molecule has 0 aliphatic heterocycles. The van der Waals surface area contributed by atoms with E-state index in [1.165, 1.54) is 35.4 Å². The number of nitrogens with zero attached hydrogens (tertiary/aromatic N) is 7. The molecule has 1 aromatic carbocycles. The minimum atomic E-state index is -0.555. The van der Waals surface area contributed by atoms with Crippen LogP contribution in [0.15, 0.2) is 43.1 Å². The predicted molar refractivity (Wildman–Crippen MR) is 105 cm³/mol. The minimum absolute atomic E-state index is 0.165. The van der Waals surface area contributed by atoms with Crippen LogP contribution in [0, 0.1) is 17.1 Å². The van der Waals surface area contributed by atoms with E-state index in [1.54, 1.807) is 23.9 Å². The maximum absolute atomic E-state index is 14.3. The van der Waals surface area contributed by atoms with E-state index < -0.39 is 17.8 Å². The Morgan fingerprint density at radius 2 is 2.07 bits per heavy atom. The number of aromatic nitrogens is 6. The number of halogens is 1. The fourth-order valence-corrected chi connectivity index (χ4v) is 3.19. The monoisotopic (exact) mass is 404 g/mol. The summed E-state index contributed by atoms with van der Waals surface area (Å²) in [5.74, 6) is -0.377. The first-order chi connectivity index (χ1) is 14.5. The Bertz CT molecular complexity index is 1290. The van der Waals surface area contributed by atoms with Gasteiger partial charge in [0.1, 0.15) is 29.6 Å². The molecule has 1 N–H and O–H groups in total. The lowest BCUT2D eigenvalue weighted by atomic mass is 10.0.